The van der Waals surface area contributed by atoms with Crippen LogP contribution in [0.15, 0.2) is 42.6 Å². The summed E-state index contributed by atoms with van der Waals surface area (Å²) in [7, 11) is 4.02. The molecule has 0 saturated heterocycles. The van der Waals surface area contributed by atoms with Crippen molar-refractivity contribution in [2.45, 2.75) is 76.7 Å². The van der Waals surface area contributed by atoms with Gasteiger partial charge in [-0.05, 0) is 75.6 Å². The summed E-state index contributed by atoms with van der Waals surface area (Å²) in [5.41, 5.74) is 1.48. The number of nitrogens with zero attached hydrogens (tertiary/aromatic N) is 3. The molecular formula is C27H43N5. The van der Waals surface area contributed by atoms with Crippen LogP contribution in [0.2, 0.25) is 0 Å². The lowest BCUT2D eigenvalue weighted by atomic mass is 9.86. The highest BCUT2D eigenvalue weighted by Crippen LogP contribution is 2.25. The number of aromatic nitrogens is 2. The Morgan fingerprint density at radius 3 is 2.34 bits per heavy atom. The Balaban J connectivity index is 1.15. The molecule has 5 heteroatoms. The monoisotopic (exact) mass is 437 g/mol. The Bertz CT molecular complexity index is 741. The molecule has 0 unspecified atom stereocenters. The molecule has 2 aromatic rings. The Morgan fingerprint density at radius 1 is 0.875 bits per heavy atom. The second kappa shape index (κ2) is 14.1. The molecule has 5 nitrogen and oxygen atoms in total. The fourth-order valence-electron chi connectivity index (χ4n) is 4.60. The average Bonchev–Trinajstić information content (AvgIpc) is 2.82. The second-order valence-corrected chi connectivity index (χ2v) is 9.56. The number of benzene rings is 1. The van der Waals surface area contributed by atoms with E-state index in [0.29, 0.717) is 6.04 Å². The van der Waals surface area contributed by atoms with E-state index >= 15 is 0 Å². The van der Waals surface area contributed by atoms with E-state index in [1.54, 1.807) is 0 Å². The van der Waals surface area contributed by atoms with Crippen molar-refractivity contribution < 1.29 is 0 Å². The van der Waals surface area contributed by atoms with Gasteiger partial charge in [-0.3, -0.25) is 0 Å². The average molecular weight is 438 g/mol. The fraction of sp³-hybridized carbons (Fsp3) is 0.630. The van der Waals surface area contributed by atoms with Crippen LogP contribution in [-0.4, -0.2) is 43.2 Å². The summed E-state index contributed by atoms with van der Waals surface area (Å²) in [6.07, 6.45) is 16.2. The first-order valence-electron chi connectivity index (χ1n) is 12.7. The van der Waals surface area contributed by atoms with Crippen LogP contribution >= 0.6 is 0 Å². The number of nitrogens with one attached hydrogen (secondary N) is 2. The first-order chi connectivity index (χ1) is 15.7. The lowest BCUT2D eigenvalue weighted by Gasteiger charge is -2.29. The van der Waals surface area contributed by atoms with Crippen molar-refractivity contribution in [3.05, 3.63) is 48.2 Å². The largest absolute Gasteiger partial charge is 0.363 e. The van der Waals surface area contributed by atoms with Gasteiger partial charge >= 0.3 is 0 Å². The highest BCUT2D eigenvalue weighted by Gasteiger charge is 2.21. The maximum Gasteiger partial charge on any atom is 0.224 e. The summed E-state index contributed by atoms with van der Waals surface area (Å²) >= 11 is 0. The van der Waals surface area contributed by atoms with Crippen molar-refractivity contribution in [1.82, 2.24) is 15.3 Å². The third-order valence-electron chi connectivity index (χ3n) is 6.62. The van der Waals surface area contributed by atoms with Crippen molar-refractivity contribution in [1.29, 1.82) is 0 Å². The van der Waals surface area contributed by atoms with Gasteiger partial charge in [0.1, 0.15) is 5.82 Å². The number of anilines is 2. The lowest BCUT2D eigenvalue weighted by Crippen LogP contribution is -2.32. The van der Waals surface area contributed by atoms with Gasteiger partial charge in [0.2, 0.25) is 5.95 Å². The van der Waals surface area contributed by atoms with Crippen LogP contribution < -0.4 is 15.5 Å². The minimum atomic E-state index is 0.505. The predicted molar refractivity (Wildman–Crippen MR) is 136 cm³/mol. The SMILES string of the molecule is CN(C)c1ccnc(NC2CCC(CNCCCCCCCCc3ccccc3)CC2)n1. The summed E-state index contributed by atoms with van der Waals surface area (Å²) in [6.45, 7) is 2.35. The fourth-order valence-corrected chi connectivity index (χ4v) is 4.60. The van der Waals surface area contributed by atoms with E-state index in [1.807, 2.05) is 31.3 Å². The van der Waals surface area contributed by atoms with E-state index in [-0.39, 0.29) is 0 Å². The van der Waals surface area contributed by atoms with E-state index in [0.717, 1.165) is 17.7 Å². The maximum atomic E-state index is 4.59. The summed E-state index contributed by atoms with van der Waals surface area (Å²) in [5.74, 6) is 2.53. The van der Waals surface area contributed by atoms with E-state index in [1.165, 1.54) is 89.3 Å². The van der Waals surface area contributed by atoms with E-state index in [9.17, 15) is 0 Å². The topological polar surface area (TPSA) is 53.1 Å². The molecular weight excluding hydrogens is 394 g/mol. The molecule has 0 bridgehead atoms. The molecule has 1 aromatic heterocycles. The molecule has 1 fully saturated rings. The molecule has 32 heavy (non-hydrogen) atoms. The minimum Gasteiger partial charge on any atom is -0.363 e. The van der Waals surface area contributed by atoms with E-state index in [2.05, 4.69) is 50.9 Å². The van der Waals surface area contributed by atoms with Gasteiger partial charge in [0.15, 0.2) is 0 Å². The summed E-state index contributed by atoms with van der Waals surface area (Å²) in [4.78, 5) is 11.0. The third kappa shape index (κ3) is 9.15. The van der Waals surface area contributed by atoms with Crippen LogP contribution in [0.4, 0.5) is 11.8 Å². The molecule has 0 atom stereocenters. The second-order valence-electron chi connectivity index (χ2n) is 9.56. The van der Waals surface area contributed by atoms with Crippen molar-refractivity contribution in [2.24, 2.45) is 5.92 Å². The molecule has 1 aliphatic carbocycles. The van der Waals surface area contributed by atoms with Gasteiger partial charge in [-0.2, -0.15) is 4.98 Å². The van der Waals surface area contributed by atoms with Crippen molar-refractivity contribution in [3.8, 4) is 0 Å². The zero-order valence-corrected chi connectivity index (χ0v) is 20.2. The van der Waals surface area contributed by atoms with Gasteiger partial charge in [0.25, 0.3) is 0 Å². The maximum absolute atomic E-state index is 4.59. The molecule has 0 radical (unpaired) electrons. The number of unbranched alkanes of at least 4 members (excludes halogenated alkanes) is 5. The van der Waals surface area contributed by atoms with Crippen molar-refractivity contribution >= 4 is 11.8 Å². The molecule has 1 saturated carbocycles. The number of aryl methyl sites for hydroxylation is 1. The molecule has 176 valence electrons. The summed E-state index contributed by atoms with van der Waals surface area (Å²) in [6, 6.07) is 13.3. The highest BCUT2D eigenvalue weighted by molar-refractivity contribution is 5.41. The molecule has 2 N–H and O–H groups in total. The van der Waals surface area contributed by atoms with Gasteiger partial charge in [0.05, 0.1) is 0 Å². The molecule has 1 aliphatic rings. The molecule has 1 heterocycles. The molecule has 1 aromatic carbocycles. The van der Waals surface area contributed by atoms with Crippen LogP contribution in [-0.2, 0) is 6.42 Å². The summed E-state index contributed by atoms with van der Waals surface area (Å²) < 4.78 is 0. The van der Waals surface area contributed by atoms with Crippen molar-refractivity contribution in [3.63, 3.8) is 0 Å². The lowest BCUT2D eigenvalue weighted by molar-refractivity contribution is 0.323. The smallest absolute Gasteiger partial charge is 0.224 e. The molecule has 0 amide bonds. The van der Waals surface area contributed by atoms with Crippen LogP contribution in [0.3, 0.4) is 0 Å². The number of hydrogen-bond donors (Lipinski definition) is 2. The number of rotatable bonds is 14. The van der Waals surface area contributed by atoms with Gasteiger partial charge in [0, 0.05) is 26.3 Å². The van der Waals surface area contributed by atoms with Crippen molar-refractivity contribution in [2.75, 3.05) is 37.4 Å². The van der Waals surface area contributed by atoms with Crippen LogP contribution in [0.5, 0.6) is 0 Å². The zero-order valence-electron chi connectivity index (χ0n) is 20.2. The highest BCUT2D eigenvalue weighted by atomic mass is 15.2. The van der Waals surface area contributed by atoms with Crippen LogP contribution in [0, 0.1) is 5.92 Å². The molecule has 0 aliphatic heterocycles. The van der Waals surface area contributed by atoms with E-state index in [4.69, 9.17) is 0 Å². The predicted octanol–water partition coefficient (Wildman–Crippen LogP) is 5.69. The molecule has 3 rings (SSSR count). The Hall–Kier alpha value is -2.14. The van der Waals surface area contributed by atoms with Gasteiger partial charge in [-0.1, -0.05) is 56.0 Å². The summed E-state index contributed by atoms with van der Waals surface area (Å²) in [5, 5.41) is 7.25. The normalized spacial score (nSPS) is 18.4. The van der Waals surface area contributed by atoms with E-state index < -0.39 is 0 Å². The number of hydrogen-bond acceptors (Lipinski definition) is 5. The van der Waals surface area contributed by atoms with Gasteiger partial charge in [-0.25, -0.2) is 4.98 Å². The Kier molecular flexibility index (Phi) is 10.8. The Morgan fingerprint density at radius 2 is 1.59 bits per heavy atom. The van der Waals surface area contributed by atoms with Crippen LogP contribution in [0.1, 0.15) is 69.8 Å². The van der Waals surface area contributed by atoms with Gasteiger partial charge in [-0.15, -0.1) is 0 Å². The first-order valence-corrected chi connectivity index (χ1v) is 12.7. The molecule has 0 spiro atoms. The Labute approximate surface area is 195 Å². The van der Waals surface area contributed by atoms with Crippen LogP contribution in [0.25, 0.3) is 0 Å². The first kappa shape index (κ1) is 24.5. The minimum absolute atomic E-state index is 0.505. The van der Waals surface area contributed by atoms with Gasteiger partial charge < -0.3 is 15.5 Å². The quantitative estimate of drug-likeness (QED) is 0.372. The standard InChI is InChI=1S/C27H43N5/c1-32(2)26-19-21-29-27(31-26)30-25-17-15-24(16-18-25)22-28-20-11-6-4-3-5-8-12-23-13-9-7-10-14-23/h7,9-10,13-14,19,21,24-25,28H,3-6,8,11-12,15-18,20,22H2,1-2H3,(H,29,30,31). The zero-order chi connectivity index (χ0) is 22.4. The third-order valence-corrected chi connectivity index (χ3v) is 6.62.